The molecule has 6 heteroatoms. The van der Waals surface area contributed by atoms with Crippen molar-refractivity contribution in [3.8, 4) is 0 Å². The summed E-state index contributed by atoms with van der Waals surface area (Å²) in [5.74, 6) is 0.195. The molecule has 4 fully saturated rings. The minimum Gasteiger partial charge on any atom is -0.463 e. The largest absolute Gasteiger partial charge is 0.463 e. The van der Waals surface area contributed by atoms with Gasteiger partial charge < -0.3 is 18.9 Å². The highest BCUT2D eigenvalue weighted by molar-refractivity contribution is 5.75. The Kier molecular flexibility index (Phi) is 4.77. The van der Waals surface area contributed by atoms with Crippen LogP contribution >= 0.6 is 0 Å². The van der Waals surface area contributed by atoms with Gasteiger partial charge >= 0.3 is 11.9 Å². The van der Waals surface area contributed by atoms with Crippen molar-refractivity contribution in [3.05, 3.63) is 0 Å². The normalized spacial score (nSPS) is 40.3. The number of hydrogen-bond donors (Lipinski definition) is 0. The van der Waals surface area contributed by atoms with Crippen LogP contribution in [0.15, 0.2) is 0 Å². The second kappa shape index (κ2) is 7.00. The molecule has 0 aromatic carbocycles. The summed E-state index contributed by atoms with van der Waals surface area (Å²) in [6, 6.07) is 0. The van der Waals surface area contributed by atoms with E-state index in [1.165, 1.54) is 0 Å². The van der Waals surface area contributed by atoms with Gasteiger partial charge in [-0.2, -0.15) is 0 Å². The van der Waals surface area contributed by atoms with E-state index in [0.717, 1.165) is 38.5 Å². The van der Waals surface area contributed by atoms with Crippen molar-refractivity contribution in [3.63, 3.8) is 0 Å². The summed E-state index contributed by atoms with van der Waals surface area (Å²) in [6.07, 6.45) is 5.96. The molecule has 6 unspecified atom stereocenters. The molecule has 0 bridgehead atoms. The molecule has 0 aromatic rings. The third-order valence-corrected chi connectivity index (χ3v) is 5.92. The van der Waals surface area contributed by atoms with Crippen LogP contribution in [0.25, 0.3) is 0 Å². The van der Waals surface area contributed by atoms with E-state index in [1.54, 1.807) is 0 Å². The first-order chi connectivity index (χ1) is 11.7. The first-order valence-corrected chi connectivity index (χ1v) is 9.29. The molecule has 134 valence electrons. The molecular formula is C18H26O6. The van der Waals surface area contributed by atoms with Gasteiger partial charge in [-0.3, -0.25) is 9.59 Å². The summed E-state index contributed by atoms with van der Waals surface area (Å²) < 4.78 is 21.1. The van der Waals surface area contributed by atoms with Gasteiger partial charge in [-0.15, -0.1) is 0 Å². The second-order valence-electron chi connectivity index (χ2n) is 7.57. The van der Waals surface area contributed by atoms with Crippen LogP contribution in [0.3, 0.4) is 0 Å². The molecule has 2 heterocycles. The van der Waals surface area contributed by atoms with Crippen LogP contribution < -0.4 is 0 Å². The Balaban J connectivity index is 1.36. The lowest BCUT2D eigenvalue weighted by atomic mass is 9.61. The topological polar surface area (TPSA) is 77.7 Å². The Morgan fingerprint density at radius 1 is 0.750 bits per heavy atom. The maximum absolute atomic E-state index is 12.5. The van der Waals surface area contributed by atoms with E-state index in [4.69, 9.17) is 18.9 Å². The van der Waals surface area contributed by atoms with Crippen LogP contribution in [0.5, 0.6) is 0 Å². The van der Waals surface area contributed by atoms with Gasteiger partial charge in [0.2, 0.25) is 0 Å². The van der Waals surface area contributed by atoms with Gasteiger partial charge in [0.25, 0.3) is 0 Å². The molecule has 0 aromatic heterocycles. The lowest BCUT2D eigenvalue weighted by Gasteiger charge is -2.43. The average Bonchev–Trinajstić information content (AvgIpc) is 3.50. The lowest BCUT2D eigenvalue weighted by Crippen LogP contribution is -2.43. The van der Waals surface area contributed by atoms with E-state index in [-0.39, 0.29) is 47.8 Å². The second-order valence-corrected chi connectivity index (χ2v) is 7.57. The van der Waals surface area contributed by atoms with Crippen molar-refractivity contribution in [1.29, 1.82) is 0 Å². The zero-order chi connectivity index (χ0) is 16.5. The van der Waals surface area contributed by atoms with E-state index >= 15 is 0 Å². The number of epoxide rings is 2. The van der Waals surface area contributed by atoms with Gasteiger partial charge in [0.05, 0.1) is 25.0 Å². The Labute approximate surface area is 142 Å². The summed E-state index contributed by atoms with van der Waals surface area (Å²) in [7, 11) is 0. The number of carbonyl (C=O) groups is 2. The highest BCUT2D eigenvalue weighted by Crippen LogP contribution is 2.47. The van der Waals surface area contributed by atoms with Crippen molar-refractivity contribution in [2.45, 2.75) is 50.7 Å². The summed E-state index contributed by atoms with van der Waals surface area (Å²) in [6.45, 7) is 2.14. The van der Waals surface area contributed by atoms with Gasteiger partial charge in [0.15, 0.2) is 0 Å². The Morgan fingerprint density at radius 3 is 1.54 bits per heavy atom. The first-order valence-electron chi connectivity index (χ1n) is 9.29. The maximum atomic E-state index is 12.5. The third kappa shape index (κ3) is 3.75. The van der Waals surface area contributed by atoms with Crippen LogP contribution in [0.1, 0.15) is 38.5 Å². The Morgan fingerprint density at radius 2 is 1.17 bits per heavy atom. The highest BCUT2D eigenvalue weighted by Gasteiger charge is 2.46. The Hall–Kier alpha value is -1.14. The van der Waals surface area contributed by atoms with Crippen molar-refractivity contribution in [1.82, 2.24) is 0 Å². The molecule has 0 radical (unpaired) electrons. The van der Waals surface area contributed by atoms with Crippen molar-refractivity contribution >= 4 is 11.9 Å². The molecule has 4 rings (SSSR count). The molecule has 4 aliphatic rings. The minimum atomic E-state index is -0.0967. The molecule has 0 N–H and O–H groups in total. The smallest absolute Gasteiger partial charge is 0.309 e. The number of fused-ring (bicyclic) bond motifs is 1. The van der Waals surface area contributed by atoms with Crippen molar-refractivity contribution in [2.24, 2.45) is 23.7 Å². The maximum Gasteiger partial charge on any atom is 0.309 e. The van der Waals surface area contributed by atoms with E-state index in [0.29, 0.717) is 26.4 Å². The molecule has 0 amide bonds. The molecule has 6 atom stereocenters. The number of carbonyl (C=O) groups excluding carboxylic acids is 2. The van der Waals surface area contributed by atoms with Crippen LogP contribution in [0.2, 0.25) is 0 Å². The third-order valence-electron chi connectivity index (χ3n) is 5.92. The molecule has 24 heavy (non-hydrogen) atoms. The first kappa shape index (κ1) is 16.3. The number of ether oxygens (including phenoxy) is 4. The Bertz CT molecular complexity index is 440. The van der Waals surface area contributed by atoms with Gasteiger partial charge in [0.1, 0.15) is 25.4 Å². The van der Waals surface area contributed by atoms with Gasteiger partial charge in [0, 0.05) is 0 Å². The van der Waals surface area contributed by atoms with E-state index in [1.807, 2.05) is 0 Å². The van der Waals surface area contributed by atoms with Gasteiger partial charge in [-0.25, -0.2) is 0 Å². The van der Waals surface area contributed by atoms with E-state index in [2.05, 4.69) is 0 Å². The van der Waals surface area contributed by atoms with Crippen molar-refractivity contribution < 1.29 is 28.5 Å². The van der Waals surface area contributed by atoms with E-state index in [9.17, 15) is 9.59 Å². The predicted octanol–water partition coefficient (Wildman–Crippen LogP) is 1.70. The van der Waals surface area contributed by atoms with Crippen LogP contribution in [-0.4, -0.2) is 50.6 Å². The fourth-order valence-electron chi connectivity index (χ4n) is 4.48. The molecular weight excluding hydrogens is 312 g/mol. The summed E-state index contributed by atoms with van der Waals surface area (Å²) in [5.41, 5.74) is 0. The molecule has 6 nitrogen and oxygen atoms in total. The summed E-state index contributed by atoms with van der Waals surface area (Å²) >= 11 is 0. The zero-order valence-corrected chi connectivity index (χ0v) is 14.0. The summed E-state index contributed by atoms with van der Waals surface area (Å²) in [5, 5.41) is 0. The van der Waals surface area contributed by atoms with Crippen LogP contribution in [0, 0.1) is 23.7 Å². The van der Waals surface area contributed by atoms with Crippen molar-refractivity contribution in [2.75, 3.05) is 26.4 Å². The zero-order valence-electron chi connectivity index (χ0n) is 14.0. The standard InChI is InChI=1S/C18H26O6/c19-17(23-9-11-7-21-11)15-5-1-3-13-14(15)4-2-6-16(13)18(20)24-10-12-8-22-12/h11-16H,1-10H2. The highest BCUT2D eigenvalue weighted by atomic mass is 16.6. The SMILES string of the molecule is O=C(OCC1CO1)C1CCCC2C(C(=O)OCC3CO3)CCCC12. The summed E-state index contributed by atoms with van der Waals surface area (Å²) in [4.78, 5) is 24.9. The molecule has 2 aliphatic carbocycles. The lowest BCUT2D eigenvalue weighted by molar-refractivity contribution is -0.162. The molecule has 0 spiro atoms. The fourth-order valence-corrected chi connectivity index (χ4v) is 4.48. The minimum absolute atomic E-state index is 0.0649. The van der Waals surface area contributed by atoms with E-state index < -0.39 is 0 Å². The monoisotopic (exact) mass is 338 g/mol. The van der Waals surface area contributed by atoms with Crippen LogP contribution in [-0.2, 0) is 28.5 Å². The average molecular weight is 338 g/mol. The van der Waals surface area contributed by atoms with Gasteiger partial charge in [-0.05, 0) is 37.5 Å². The quantitative estimate of drug-likeness (QED) is 0.542. The molecule has 2 aliphatic heterocycles. The number of hydrogen-bond acceptors (Lipinski definition) is 6. The van der Waals surface area contributed by atoms with Gasteiger partial charge in [-0.1, -0.05) is 12.8 Å². The molecule has 2 saturated carbocycles. The fraction of sp³-hybridized carbons (Fsp3) is 0.889. The predicted molar refractivity (Wildman–Crippen MR) is 83.1 cm³/mol. The van der Waals surface area contributed by atoms with Crippen LogP contribution in [0.4, 0.5) is 0 Å². The number of esters is 2. The number of rotatable bonds is 6. The molecule has 2 saturated heterocycles.